The van der Waals surface area contributed by atoms with Crippen LogP contribution in [0.4, 0.5) is 0 Å². The number of likely N-dealkylation sites (N-methyl/N-ethyl adjacent to an activating group) is 1. The third-order valence-corrected chi connectivity index (χ3v) is 3.88. The van der Waals surface area contributed by atoms with Gasteiger partial charge in [-0.1, -0.05) is 23.9 Å². The molecular formula is C16H19N3O5S. The molecule has 1 heterocycles. The number of hydrogen-bond acceptors (Lipinski definition) is 7. The Kier molecular flexibility index (Phi) is 6.81. The van der Waals surface area contributed by atoms with E-state index >= 15 is 0 Å². The van der Waals surface area contributed by atoms with Crippen molar-refractivity contribution in [1.29, 1.82) is 0 Å². The molecule has 0 unspecified atom stereocenters. The van der Waals surface area contributed by atoms with Gasteiger partial charge in [0, 0.05) is 6.54 Å². The minimum Gasteiger partial charge on any atom is -0.455 e. The van der Waals surface area contributed by atoms with E-state index < -0.39 is 24.5 Å². The lowest BCUT2D eigenvalue weighted by Crippen LogP contribution is -2.46. The van der Waals surface area contributed by atoms with E-state index in [0.29, 0.717) is 22.9 Å². The van der Waals surface area contributed by atoms with E-state index in [9.17, 15) is 14.4 Å². The minimum atomic E-state index is -0.694. The number of oxazole rings is 1. The lowest BCUT2D eigenvalue weighted by molar-refractivity contribution is -0.146. The molecule has 134 valence electrons. The third-order valence-electron chi connectivity index (χ3n) is 3.07. The topological polar surface area (TPSA) is 111 Å². The Labute approximate surface area is 148 Å². The molecule has 0 aliphatic heterocycles. The van der Waals surface area contributed by atoms with Crippen molar-refractivity contribution in [3.8, 4) is 0 Å². The van der Waals surface area contributed by atoms with Crippen LogP contribution in [0.3, 0.4) is 0 Å². The molecule has 0 radical (unpaired) electrons. The van der Waals surface area contributed by atoms with Crippen molar-refractivity contribution < 1.29 is 23.5 Å². The number of benzene rings is 1. The van der Waals surface area contributed by atoms with Crippen LogP contribution in [0, 0.1) is 0 Å². The summed E-state index contributed by atoms with van der Waals surface area (Å²) < 4.78 is 10.3. The van der Waals surface area contributed by atoms with Crippen LogP contribution in [-0.4, -0.2) is 47.7 Å². The Bertz CT molecular complexity index is 728. The first-order chi connectivity index (χ1) is 12.0. The first kappa shape index (κ1) is 18.8. The molecule has 0 spiro atoms. The molecule has 0 aliphatic rings. The standard InChI is InChI=1S/C16H19N3O5S/c1-3-17-15(22)10(2)18-13(20)8-23-14(21)9-25-16-19-11-6-4-5-7-12(11)24-16/h4-7,10H,3,8-9H2,1-2H3,(H,17,22)(H,18,20)/t10-/m0/s1. The van der Waals surface area contributed by atoms with Crippen molar-refractivity contribution in [2.75, 3.05) is 18.9 Å². The number of ether oxygens (including phenoxy) is 1. The van der Waals surface area contributed by atoms with Gasteiger partial charge in [-0.15, -0.1) is 0 Å². The molecule has 1 aromatic heterocycles. The van der Waals surface area contributed by atoms with E-state index in [2.05, 4.69) is 15.6 Å². The molecule has 0 aliphatic carbocycles. The largest absolute Gasteiger partial charge is 0.455 e. The second-order valence-corrected chi connectivity index (χ2v) is 6.01. The van der Waals surface area contributed by atoms with Crippen molar-refractivity contribution in [2.45, 2.75) is 25.1 Å². The average Bonchev–Trinajstić information content (AvgIpc) is 3.01. The lowest BCUT2D eigenvalue weighted by Gasteiger charge is -2.13. The van der Waals surface area contributed by atoms with Gasteiger partial charge in [-0.05, 0) is 26.0 Å². The maximum absolute atomic E-state index is 11.7. The molecule has 0 saturated carbocycles. The monoisotopic (exact) mass is 365 g/mol. The van der Waals surface area contributed by atoms with E-state index in [1.165, 1.54) is 0 Å². The van der Waals surface area contributed by atoms with Gasteiger partial charge in [-0.2, -0.15) is 0 Å². The molecule has 2 N–H and O–H groups in total. The summed E-state index contributed by atoms with van der Waals surface area (Å²) in [5.74, 6) is -1.45. The second kappa shape index (κ2) is 9.07. The first-order valence-corrected chi connectivity index (χ1v) is 8.69. The normalized spacial score (nSPS) is 11.8. The Morgan fingerprint density at radius 3 is 2.80 bits per heavy atom. The van der Waals surface area contributed by atoms with Gasteiger partial charge in [-0.3, -0.25) is 14.4 Å². The molecule has 25 heavy (non-hydrogen) atoms. The highest BCUT2D eigenvalue weighted by Crippen LogP contribution is 2.22. The number of thioether (sulfide) groups is 1. The molecular weight excluding hydrogens is 346 g/mol. The van der Waals surface area contributed by atoms with Gasteiger partial charge in [0.25, 0.3) is 11.1 Å². The van der Waals surface area contributed by atoms with Crippen LogP contribution in [0.5, 0.6) is 0 Å². The maximum Gasteiger partial charge on any atom is 0.316 e. The quantitative estimate of drug-likeness (QED) is 0.532. The molecule has 2 aromatic rings. The zero-order chi connectivity index (χ0) is 18.2. The molecule has 9 heteroatoms. The van der Waals surface area contributed by atoms with Crippen molar-refractivity contribution >= 4 is 40.6 Å². The summed E-state index contributed by atoms with van der Waals surface area (Å²) >= 11 is 1.08. The highest BCUT2D eigenvalue weighted by Gasteiger charge is 2.16. The Morgan fingerprint density at radius 2 is 2.08 bits per heavy atom. The SMILES string of the molecule is CCNC(=O)[C@H](C)NC(=O)COC(=O)CSc1nc2ccccc2o1. The summed E-state index contributed by atoms with van der Waals surface area (Å²) in [5.41, 5.74) is 1.34. The lowest BCUT2D eigenvalue weighted by atomic mass is 10.3. The van der Waals surface area contributed by atoms with Crippen molar-refractivity contribution in [2.24, 2.45) is 0 Å². The van der Waals surface area contributed by atoms with Gasteiger partial charge in [0.05, 0.1) is 0 Å². The fourth-order valence-electron chi connectivity index (χ4n) is 1.90. The van der Waals surface area contributed by atoms with E-state index in [-0.39, 0.29) is 11.7 Å². The Balaban J connectivity index is 1.71. The van der Waals surface area contributed by atoms with Gasteiger partial charge in [0.1, 0.15) is 17.3 Å². The summed E-state index contributed by atoms with van der Waals surface area (Å²) in [4.78, 5) is 39.1. The zero-order valence-electron chi connectivity index (χ0n) is 13.9. The second-order valence-electron chi connectivity index (χ2n) is 5.08. The Hall–Kier alpha value is -2.55. The van der Waals surface area contributed by atoms with Crippen LogP contribution in [0.25, 0.3) is 11.1 Å². The number of nitrogens with zero attached hydrogens (tertiary/aromatic N) is 1. The van der Waals surface area contributed by atoms with Gasteiger partial charge < -0.3 is 19.8 Å². The van der Waals surface area contributed by atoms with Gasteiger partial charge >= 0.3 is 5.97 Å². The first-order valence-electron chi connectivity index (χ1n) is 7.70. The van der Waals surface area contributed by atoms with Gasteiger partial charge in [0.2, 0.25) is 5.91 Å². The summed E-state index contributed by atoms with van der Waals surface area (Å²) in [7, 11) is 0. The fourth-order valence-corrected chi connectivity index (χ4v) is 2.53. The maximum atomic E-state index is 11.7. The predicted molar refractivity (Wildman–Crippen MR) is 92.0 cm³/mol. The highest BCUT2D eigenvalue weighted by atomic mass is 32.2. The average molecular weight is 365 g/mol. The summed E-state index contributed by atoms with van der Waals surface area (Å²) in [5, 5.41) is 5.38. The summed E-state index contributed by atoms with van der Waals surface area (Å²) in [6, 6.07) is 6.57. The number of rotatable bonds is 8. The van der Waals surface area contributed by atoms with Gasteiger partial charge in [0.15, 0.2) is 12.2 Å². The zero-order valence-corrected chi connectivity index (χ0v) is 14.7. The smallest absolute Gasteiger partial charge is 0.316 e. The van der Waals surface area contributed by atoms with Crippen LogP contribution >= 0.6 is 11.8 Å². The number of fused-ring (bicyclic) bond motifs is 1. The van der Waals surface area contributed by atoms with E-state index in [0.717, 1.165) is 11.8 Å². The number of esters is 1. The number of carbonyl (C=O) groups is 3. The number of aromatic nitrogens is 1. The predicted octanol–water partition coefficient (Wildman–Crippen LogP) is 1.10. The molecule has 1 atom stereocenters. The van der Waals surface area contributed by atoms with Crippen LogP contribution < -0.4 is 10.6 Å². The molecule has 0 fully saturated rings. The number of carbonyl (C=O) groups excluding carboxylic acids is 3. The third kappa shape index (κ3) is 5.79. The number of para-hydroxylation sites is 2. The van der Waals surface area contributed by atoms with Crippen LogP contribution in [0.1, 0.15) is 13.8 Å². The summed E-state index contributed by atoms with van der Waals surface area (Å²) in [6.07, 6.45) is 0. The molecule has 0 saturated heterocycles. The van der Waals surface area contributed by atoms with Crippen molar-refractivity contribution in [3.05, 3.63) is 24.3 Å². The summed E-state index contributed by atoms with van der Waals surface area (Å²) in [6.45, 7) is 3.36. The highest BCUT2D eigenvalue weighted by molar-refractivity contribution is 7.99. The van der Waals surface area contributed by atoms with Crippen LogP contribution in [0.2, 0.25) is 0 Å². The molecule has 2 rings (SSSR count). The van der Waals surface area contributed by atoms with Crippen LogP contribution in [0.15, 0.2) is 33.9 Å². The molecule has 0 bridgehead atoms. The van der Waals surface area contributed by atoms with Crippen molar-refractivity contribution in [1.82, 2.24) is 15.6 Å². The van der Waals surface area contributed by atoms with E-state index in [1.54, 1.807) is 26.0 Å². The molecule has 1 aromatic carbocycles. The van der Waals surface area contributed by atoms with Gasteiger partial charge in [-0.25, -0.2) is 4.98 Å². The number of hydrogen-bond donors (Lipinski definition) is 2. The number of amides is 2. The molecule has 2 amide bonds. The van der Waals surface area contributed by atoms with Crippen LogP contribution in [-0.2, 0) is 19.1 Å². The van der Waals surface area contributed by atoms with E-state index in [1.807, 2.05) is 12.1 Å². The van der Waals surface area contributed by atoms with E-state index in [4.69, 9.17) is 9.15 Å². The Morgan fingerprint density at radius 1 is 1.32 bits per heavy atom. The fraction of sp³-hybridized carbons (Fsp3) is 0.375. The molecule has 8 nitrogen and oxygen atoms in total. The minimum absolute atomic E-state index is 0.0357. The van der Waals surface area contributed by atoms with Crippen molar-refractivity contribution in [3.63, 3.8) is 0 Å². The number of nitrogens with one attached hydrogen (secondary N) is 2.